The van der Waals surface area contributed by atoms with Gasteiger partial charge in [-0.15, -0.1) is 0 Å². The molecule has 3 rings (SSSR count). The maximum Gasteiger partial charge on any atom is 0.417 e. The van der Waals surface area contributed by atoms with E-state index in [2.05, 4.69) is 10.1 Å². The first-order valence-electron chi connectivity index (χ1n) is 8.88. The number of rotatable bonds is 6. The van der Waals surface area contributed by atoms with Gasteiger partial charge in [-0.05, 0) is 18.2 Å². The summed E-state index contributed by atoms with van der Waals surface area (Å²) in [5.41, 5.74) is -2.75. The van der Waals surface area contributed by atoms with Crippen molar-refractivity contribution in [2.24, 2.45) is 0 Å². The van der Waals surface area contributed by atoms with Crippen LogP contribution in [0, 0.1) is 21.4 Å². The van der Waals surface area contributed by atoms with Gasteiger partial charge in [0.1, 0.15) is 6.54 Å². The molecule has 33 heavy (non-hydrogen) atoms. The van der Waals surface area contributed by atoms with Crippen LogP contribution in [0.5, 0.6) is 0 Å². The molecule has 0 spiro atoms. The largest absolute Gasteiger partial charge is 0.417 e. The zero-order valence-corrected chi connectivity index (χ0v) is 16.2. The summed E-state index contributed by atoms with van der Waals surface area (Å²) >= 11 is 0. The van der Waals surface area contributed by atoms with E-state index in [1.54, 1.807) is 0 Å². The number of nitro benzene ring substituents is 1. The van der Waals surface area contributed by atoms with Crippen LogP contribution in [-0.4, -0.2) is 27.8 Å². The quantitative estimate of drug-likeness (QED) is 0.279. The Hall–Kier alpha value is -4.15. The summed E-state index contributed by atoms with van der Waals surface area (Å²) in [5.74, 6) is -0.532. The van der Waals surface area contributed by atoms with Gasteiger partial charge in [-0.2, -0.15) is 36.6 Å². The summed E-state index contributed by atoms with van der Waals surface area (Å²) in [6.45, 7) is -2.37. The second kappa shape index (κ2) is 8.77. The number of anilines is 1. The average Bonchev–Trinajstić information content (AvgIpc) is 3.20. The zero-order valence-electron chi connectivity index (χ0n) is 16.2. The molecule has 0 unspecified atom stereocenters. The maximum atomic E-state index is 13.2. The molecule has 2 aromatic carbocycles. The lowest BCUT2D eigenvalue weighted by molar-refractivity contribution is -0.384. The van der Waals surface area contributed by atoms with Gasteiger partial charge in [0.15, 0.2) is 0 Å². The van der Waals surface area contributed by atoms with Crippen LogP contribution >= 0.6 is 0 Å². The highest BCUT2D eigenvalue weighted by molar-refractivity contribution is 5.59. The van der Waals surface area contributed by atoms with Crippen molar-refractivity contribution in [2.45, 2.75) is 18.9 Å². The highest BCUT2D eigenvalue weighted by atomic mass is 19.4. The van der Waals surface area contributed by atoms with Gasteiger partial charge in [-0.25, -0.2) is 0 Å². The van der Waals surface area contributed by atoms with Gasteiger partial charge in [0.05, 0.1) is 28.7 Å². The molecule has 172 valence electrons. The highest BCUT2D eigenvalue weighted by Gasteiger charge is 2.36. The lowest BCUT2D eigenvalue weighted by Crippen LogP contribution is -2.34. The van der Waals surface area contributed by atoms with Crippen molar-refractivity contribution in [3.63, 3.8) is 0 Å². The fourth-order valence-electron chi connectivity index (χ4n) is 2.87. The number of non-ortho nitro benzene ring substituents is 1. The van der Waals surface area contributed by atoms with Crippen LogP contribution in [-0.2, 0) is 12.7 Å². The molecule has 0 bridgehead atoms. The molecule has 8 nitrogen and oxygen atoms in total. The normalized spacial score (nSPS) is 11.8. The SMILES string of the molecule is N#Cc1ccc(N(Cc2nc(-c3cccc([N+](=O)[O-])c3)no2)CC(F)(F)F)cc1C(F)(F)F. The van der Waals surface area contributed by atoms with Gasteiger partial charge >= 0.3 is 12.4 Å². The van der Waals surface area contributed by atoms with E-state index >= 15 is 0 Å². The van der Waals surface area contributed by atoms with Gasteiger partial charge < -0.3 is 9.42 Å². The number of aromatic nitrogens is 2. The molecule has 0 atom stereocenters. The first-order chi connectivity index (χ1) is 15.4. The van der Waals surface area contributed by atoms with Gasteiger partial charge in [-0.3, -0.25) is 10.1 Å². The summed E-state index contributed by atoms with van der Waals surface area (Å²) in [6, 6.07) is 8.57. The van der Waals surface area contributed by atoms with Crippen molar-refractivity contribution in [1.82, 2.24) is 10.1 Å². The monoisotopic (exact) mass is 471 g/mol. The summed E-state index contributed by atoms with van der Waals surface area (Å²) in [7, 11) is 0. The van der Waals surface area contributed by atoms with Crippen molar-refractivity contribution in [2.75, 3.05) is 11.4 Å². The third-order valence-corrected chi connectivity index (χ3v) is 4.27. The fourth-order valence-corrected chi connectivity index (χ4v) is 2.87. The van der Waals surface area contributed by atoms with E-state index in [0.29, 0.717) is 11.0 Å². The van der Waals surface area contributed by atoms with Crippen molar-refractivity contribution >= 4 is 11.4 Å². The van der Waals surface area contributed by atoms with Crippen LogP contribution < -0.4 is 4.90 Å². The van der Waals surface area contributed by atoms with Crippen LogP contribution in [0.2, 0.25) is 0 Å². The van der Waals surface area contributed by atoms with E-state index in [1.165, 1.54) is 24.3 Å². The molecule has 0 saturated heterocycles. The van der Waals surface area contributed by atoms with E-state index < -0.39 is 47.2 Å². The van der Waals surface area contributed by atoms with E-state index in [4.69, 9.17) is 9.78 Å². The number of alkyl halides is 6. The minimum Gasteiger partial charge on any atom is -0.353 e. The molecule has 0 aliphatic rings. The zero-order chi connectivity index (χ0) is 24.4. The molecule has 0 fully saturated rings. The molecule has 0 saturated carbocycles. The molecule has 0 aliphatic heterocycles. The predicted octanol–water partition coefficient (Wildman–Crippen LogP) is 5.10. The summed E-state index contributed by atoms with van der Waals surface area (Å²) in [6.07, 6.45) is -9.76. The predicted molar refractivity (Wildman–Crippen MR) is 99.7 cm³/mol. The van der Waals surface area contributed by atoms with E-state index in [9.17, 15) is 36.5 Å². The van der Waals surface area contributed by atoms with E-state index in [0.717, 1.165) is 18.2 Å². The Morgan fingerprint density at radius 1 is 1.12 bits per heavy atom. The molecular weight excluding hydrogens is 460 g/mol. The number of hydrogen-bond donors (Lipinski definition) is 0. The highest BCUT2D eigenvalue weighted by Crippen LogP contribution is 2.35. The second-order valence-corrected chi connectivity index (χ2v) is 6.63. The topological polar surface area (TPSA) is 109 Å². The average molecular weight is 471 g/mol. The van der Waals surface area contributed by atoms with Crippen LogP contribution in [0.15, 0.2) is 47.0 Å². The number of nitro groups is 1. The van der Waals surface area contributed by atoms with Crippen molar-refractivity contribution < 1.29 is 35.8 Å². The Labute approximate surface area is 180 Å². The molecular formula is C19H11F6N5O3. The van der Waals surface area contributed by atoms with Crippen molar-refractivity contribution in [1.29, 1.82) is 5.26 Å². The minimum atomic E-state index is -4.97. The van der Waals surface area contributed by atoms with Crippen LogP contribution in [0.3, 0.4) is 0 Å². The standard InChI is InChI=1S/C19H11F6N5O3/c20-18(21,22)10-29(13-5-4-12(8-26)15(7-13)19(23,24)25)9-16-27-17(28-33-16)11-2-1-3-14(6-11)30(31)32/h1-7H,9-10H2. The molecule has 0 N–H and O–H groups in total. The van der Waals surface area contributed by atoms with Crippen LogP contribution in [0.25, 0.3) is 11.4 Å². The number of benzene rings is 2. The van der Waals surface area contributed by atoms with Gasteiger partial charge in [0, 0.05) is 23.4 Å². The van der Waals surface area contributed by atoms with Crippen molar-refractivity contribution in [3.8, 4) is 17.5 Å². The molecule has 1 aromatic heterocycles. The minimum absolute atomic E-state index is 0.152. The lowest BCUT2D eigenvalue weighted by atomic mass is 10.1. The van der Waals surface area contributed by atoms with Crippen molar-refractivity contribution in [3.05, 3.63) is 69.6 Å². The van der Waals surface area contributed by atoms with Gasteiger partial charge in [-0.1, -0.05) is 17.3 Å². The maximum absolute atomic E-state index is 13.2. The Morgan fingerprint density at radius 2 is 1.85 bits per heavy atom. The number of nitrogens with zero attached hydrogens (tertiary/aromatic N) is 5. The summed E-state index contributed by atoms with van der Waals surface area (Å²) < 4.78 is 84.0. The van der Waals surface area contributed by atoms with Crippen LogP contribution in [0.4, 0.5) is 37.7 Å². The number of nitriles is 1. The number of halogens is 6. The Bertz CT molecular complexity index is 1220. The molecule has 0 amide bonds. The Morgan fingerprint density at radius 3 is 2.45 bits per heavy atom. The molecule has 3 aromatic rings. The third kappa shape index (κ3) is 5.76. The van der Waals surface area contributed by atoms with E-state index in [-0.39, 0.29) is 23.0 Å². The first kappa shape index (κ1) is 23.5. The smallest absolute Gasteiger partial charge is 0.353 e. The van der Waals surface area contributed by atoms with E-state index in [1.807, 2.05) is 0 Å². The Kier molecular flexibility index (Phi) is 6.25. The van der Waals surface area contributed by atoms with Gasteiger partial charge in [0.2, 0.25) is 11.7 Å². The molecule has 1 heterocycles. The summed E-state index contributed by atoms with van der Waals surface area (Å²) in [4.78, 5) is 14.7. The first-order valence-corrected chi connectivity index (χ1v) is 8.88. The lowest BCUT2D eigenvalue weighted by Gasteiger charge is -2.25. The second-order valence-electron chi connectivity index (χ2n) is 6.63. The Balaban J connectivity index is 1.95. The third-order valence-electron chi connectivity index (χ3n) is 4.27. The molecule has 14 heteroatoms. The number of hydrogen-bond acceptors (Lipinski definition) is 7. The summed E-state index contributed by atoms with van der Waals surface area (Å²) in [5, 5.41) is 23.3. The fraction of sp³-hybridized carbons (Fsp3) is 0.211. The van der Waals surface area contributed by atoms with Gasteiger partial charge in [0.25, 0.3) is 5.69 Å². The molecule has 0 aliphatic carbocycles. The van der Waals surface area contributed by atoms with Crippen LogP contribution in [0.1, 0.15) is 17.0 Å². The molecule has 0 radical (unpaired) electrons.